The quantitative estimate of drug-likeness (QED) is 0.195. The molecule has 6 rings (SSSR count). The lowest BCUT2D eigenvalue weighted by atomic mass is 10.0. The largest absolute Gasteiger partial charge is 0.453 e. The molecule has 2 fully saturated rings. The van der Waals surface area contributed by atoms with E-state index >= 15 is 0 Å². The van der Waals surface area contributed by atoms with Crippen LogP contribution in [0.3, 0.4) is 0 Å². The molecule has 228 valence electrons. The molecule has 4 aromatic rings. The number of halogens is 1. The number of fused-ring (bicyclic) bond motifs is 1. The SMILES string of the molecule is CC(=O)SCC(=O)N1CCN(Cc2ccc(-c3cc4nccc(Oc5ccc(CC(=O)CC6CC6)cc5F)c4s3)nc2)CC1. The molecule has 1 aromatic carbocycles. The minimum atomic E-state index is -0.499. The van der Waals surface area contributed by atoms with E-state index in [1.54, 1.807) is 24.4 Å². The summed E-state index contributed by atoms with van der Waals surface area (Å²) in [5.74, 6) is 1.000. The van der Waals surface area contributed by atoms with E-state index in [2.05, 4.69) is 16.0 Å². The van der Waals surface area contributed by atoms with Crippen LogP contribution >= 0.6 is 23.1 Å². The lowest BCUT2D eigenvalue weighted by molar-refractivity contribution is -0.130. The Hall–Kier alpha value is -3.67. The van der Waals surface area contributed by atoms with Crippen molar-refractivity contribution in [3.63, 3.8) is 0 Å². The van der Waals surface area contributed by atoms with Gasteiger partial charge in [0.25, 0.3) is 0 Å². The van der Waals surface area contributed by atoms with E-state index in [9.17, 15) is 18.8 Å². The van der Waals surface area contributed by atoms with Gasteiger partial charge >= 0.3 is 0 Å². The summed E-state index contributed by atoms with van der Waals surface area (Å²) in [6, 6.07) is 12.5. The van der Waals surface area contributed by atoms with E-state index in [1.165, 1.54) is 24.3 Å². The van der Waals surface area contributed by atoms with Gasteiger partial charge in [-0.1, -0.05) is 23.9 Å². The number of benzene rings is 1. The highest BCUT2D eigenvalue weighted by molar-refractivity contribution is 8.14. The molecule has 3 aromatic heterocycles. The maximum Gasteiger partial charge on any atom is 0.233 e. The van der Waals surface area contributed by atoms with Crippen LogP contribution in [0.1, 0.15) is 37.3 Å². The Morgan fingerprint density at radius 3 is 2.50 bits per heavy atom. The standard InChI is InChI=1S/C33H33FN4O4S2/c1-21(39)43-20-32(41)38-12-10-37(11-13-38)19-24-4-6-27(36-18-24)31-17-28-33(44-31)30(8-9-35-28)42-29-7-5-23(16-26(29)34)15-25(40)14-22-2-3-22/h4-9,16-18,22H,2-3,10-15,19-20H2,1H3. The number of thiophene rings is 1. The van der Waals surface area contributed by atoms with E-state index in [0.717, 1.165) is 70.6 Å². The summed E-state index contributed by atoms with van der Waals surface area (Å²) in [7, 11) is 0. The Morgan fingerprint density at radius 2 is 1.80 bits per heavy atom. The monoisotopic (exact) mass is 632 g/mol. The normalized spacial score (nSPS) is 15.5. The third-order valence-corrected chi connectivity index (χ3v) is 9.77. The number of piperazine rings is 1. The topological polar surface area (TPSA) is 92.7 Å². The number of hydrogen-bond donors (Lipinski definition) is 0. The molecule has 8 nitrogen and oxygen atoms in total. The number of amides is 1. The highest BCUT2D eigenvalue weighted by atomic mass is 32.2. The molecule has 1 aliphatic heterocycles. The molecule has 11 heteroatoms. The number of thioether (sulfide) groups is 1. The molecule has 0 unspecified atom stereocenters. The summed E-state index contributed by atoms with van der Waals surface area (Å²) >= 11 is 2.54. The number of ketones is 1. The lowest BCUT2D eigenvalue weighted by Gasteiger charge is -2.34. The molecule has 1 saturated carbocycles. The second-order valence-corrected chi connectivity index (χ2v) is 13.6. The first-order valence-corrected chi connectivity index (χ1v) is 16.6. The summed E-state index contributed by atoms with van der Waals surface area (Å²) < 4.78 is 21.8. The lowest BCUT2D eigenvalue weighted by Crippen LogP contribution is -2.48. The summed E-state index contributed by atoms with van der Waals surface area (Å²) in [6.07, 6.45) is 6.58. The van der Waals surface area contributed by atoms with Crippen molar-refractivity contribution in [2.24, 2.45) is 5.92 Å². The second kappa shape index (κ2) is 13.5. The fraction of sp³-hybridized carbons (Fsp3) is 0.364. The van der Waals surface area contributed by atoms with Gasteiger partial charge in [-0.25, -0.2) is 4.39 Å². The first-order chi connectivity index (χ1) is 21.3. The molecule has 4 heterocycles. The fourth-order valence-electron chi connectivity index (χ4n) is 5.25. The van der Waals surface area contributed by atoms with E-state index < -0.39 is 5.82 Å². The molecular weight excluding hydrogens is 600 g/mol. The third-order valence-electron chi connectivity index (χ3n) is 7.81. The van der Waals surface area contributed by atoms with Gasteiger partial charge in [0.15, 0.2) is 16.7 Å². The Kier molecular flexibility index (Phi) is 9.34. The van der Waals surface area contributed by atoms with Crippen LogP contribution in [0.2, 0.25) is 0 Å². The highest BCUT2D eigenvalue weighted by Crippen LogP contribution is 2.39. The molecule has 0 N–H and O–H groups in total. The van der Waals surface area contributed by atoms with Crippen molar-refractivity contribution in [1.29, 1.82) is 0 Å². The first kappa shape index (κ1) is 30.4. The van der Waals surface area contributed by atoms with Crippen LogP contribution in [-0.2, 0) is 27.3 Å². The van der Waals surface area contributed by atoms with Gasteiger partial charge < -0.3 is 9.64 Å². The molecule has 44 heavy (non-hydrogen) atoms. The zero-order valence-electron chi connectivity index (χ0n) is 24.5. The molecular formula is C33H33FN4O4S2. The molecule has 1 saturated heterocycles. The van der Waals surface area contributed by atoms with Gasteiger partial charge in [-0.2, -0.15) is 0 Å². The van der Waals surface area contributed by atoms with Gasteiger partial charge in [0.05, 0.1) is 26.5 Å². The Morgan fingerprint density at radius 1 is 1.00 bits per heavy atom. The predicted molar refractivity (Wildman–Crippen MR) is 170 cm³/mol. The van der Waals surface area contributed by atoms with Crippen molar-refractivity contribution in [2.45, 2.75) is 39.2 Å². The van der Waals surface area contributed by atoms with Gasteiger partial charge in [-0.15, -0.1) is 11.3 Å². The minimum absolute atomic E-state index is 0.0115. The van der Waals surface area contributed by atoms with Crippen LogP contribution in [-0.4, -0.2) is 68.5 Å². The smallest absolute Gasteiger partial charge is 0.233 e. The molecule has 1 aliphatic carbocycles. The number of ether oxygens (including phenoxy) is 1. The highest BCUT2D eigenvalue weighted by Gasteiger charge is 2.25. The Bertz CT molecular complexity index is 1680. The molecule has 0 radical (unpaired) electrons. The molecule has 1 amide bonds. The second-order valence-electron chi connectivity index (χ2n) is 11.4. The molecule has 2 aliphatic rings. The van der Waals surface area contributed by atoms with Crippen molar-refractivity contribution in [3.8, 4) is 22.1 Å². The number of Topliss-reactive ketones (excluding diaryl/α,β-unsaturated/α-hetero) is 1. The minimum Gasteiger partial charge on any atom is -0.453 e. The number of aromatic nitrogens is 2. The number of rotatable bonds is 11. The van der Waals surface area contributed by atoms with Crippen molar-refractivity contribution >= 4 is 50.1 Å². The van der Waals surface area contributed by atoms with Gasteiger partial charge in [0.2, 0.25) is 5.91 Å². The Balaban J connectivity index is 1.07. The van der Waals surface area contributed by atoms with Crippen molar-refractivity contribution in [2.75, 3.05) is 31.9 Å². The summed E-state index contributed by atoms with van der Waals surface area (Å²) in [4.78, 5) is 49.9. The average molecular weight is 633 g/mol. The summed E-state index contributed by atoms with van der Waals surface area (Å²) in [6.45, 7) is 5.05. The van der Waals surface area contributed by atoms with Crippen LogP contribution in [0, 0.1) is 11.7 Å². The van der Waals surface area contributed by atoms with Crippen molar-refractivity contribution < 1.29 is 23.5 Å². The number of hydrogen-bond acceptors (Lipinski definition) is 9. The fourth-order valence-corrected chi connectivity index (χ4v) is 6.80. The van der Waals surface area contributed by atoms with Crippen LogP contribution in [0.15, 0.2) is 54.9 Å². The van der Waals surface area contributed by atoms with Crippen molar-refractivity contribution in [1.82, 2.24) is 19.8 Å². The summed E-state index contributed by atoms with van der Waals surface area (Å²) in [5.41, 5.74) is 3.29. The maximum atomic E-state index is 15.0. The predicted octanol–water partition coefficient (Wildman–Crippen LogP) is 6.13. The van der Waals surface area contributed by atoms with Gasteiger partial charge in [-0.3, -0.25) is 29.3 Å². The van der Waals surface area contributed by atoms with Gasteiger partial charge in [0, 0.05) is 70.9 Å². The Labute approximate surface area is 263 Å². The summed E-state index contributed by atoms with van der Waals surface area (Å²) in [5, 5.41) is -0.0422. The van der Waals surface area contributed by atoms with Crippen LogP contribution in [0.25, 0.3) is 20.8 Å². The third kappa shape index (κ3) is 7.69. The molecule has 0 spiro atoms. The van der Waals surface area contributed by atoms with Gasteiger partial charge in [0.1, 0.15) is 11.5 Å². The maximum absolute atomic E-state index is 15.0. The van der Waals surface area contributed by atoms with Crippen molar-refractivity contribution in [3.05, 3.63) is 71.8 Å². The number of nitrogens with zero attached hydrogens (tertiary/aromatic N) is 4. The van der Waals surface area contributed by atoms with Crippen LogP contribution in [0.4, 0.5) is 4.39 Å². The number of pyridine rings is 2. The van der Waals surface area contributed by atoms with E-state index in [-0.39, 0.29) is 34.7 Å². The first-order valence-electron chi connectivity index (χ1n) is 14.8. The molecule has 0 bridgehead atoms. The van der Waals surface area contributed by atoms with E-state index in [1.807, 2.05) is 23.2 Å². The molecule has 0 atom stereocenters. The van der Waals surface area contributed by atoms with Gasteiger partial charge in [-0.05, 0) is 54.2 Å². The van der Waals surface area contributed by atoms with Crippen LogP contribution < -0.4 is 4.74 Å². The number of carbonyl (C=O) groups excluding carboxylic acids is 3. The van der Waals surface area contributed by atoms with Crippen LogP contribution in [0.5, 0.6) is 11.5 Å². The number of carbonyl (C=O) groups is 3. The van der Waals surface area contributed by atoms with E-state index in [0.29, 0.717) is 36.7 Å². The zero-order chi connectivity index (χ0) is 30.6. The zero-order valence-corrected chi connectivity index (χ0v) is 26.1. The van der Waals surface area contributed by atoms with E-state index in [4.69, 9.17) is 9.72 Å². The average Bonchev–Trinajstić information content (AvgIpc) is 3.71.